The van der Waals surface area contributed by atoms with Gasteiger partial charge in [0.25, 0.3) is 5.91 Å². The van der Waals surface area contributed by atoms with E-state index in [1.807, 2.05) is 7.05 Å². The molecule has 0 spiro atoms. The van der Waals surface area contributed by atoms with Crippen LogP contribution < -0.4 is 10.1 Å². The van der Waals surface area contributed by atoms with Gasteiger partial charge in [-0.25, -0.2) is 0 Å². The second kappa shape index (κ2) is 5.60. The molecule has 5 heteroatoms. The van der Waals surface area contributed by atoms with Crippen LogP contribution in [0.1, 0.15) is 34.5 Å². The molecule has 3 rings (SSSR count). The predicted molar refractivity (Wildman–Crippen MR) is 80.8 cm³/mol. The molecule has 1 amide bonds. The average molecular weight is 285 g/mol. The summed E-state index contributed by atoms with van der Waals surface area (Å²) < 4.78 is 6.88. The summed E-state index contributed by atoms with van der Waals surface area (Å²) in [5.41, 5.74) is 2.92. The van der Waals surface area contributed by atoms with Crippen LogP contribution in [0.2, 0.25) is 0 Å². The van der Waals surface area contributed by atoms with Gasteiger partial charge in [-0.15, -0.1) is 0 Å². The highest BCUT2D eigenvalue weighted by atomic mass is 16.5. The van der Waals surface area contributed by atoms with Crippen LogP contribution in [0.25, 0.3) is 0 Å². The summed E-state index contributed by atoms with van der Waals surface area (Å²) in [6.45, 7) is 0. The molecule has 1 aromatic carbocycles. The van der Waals surface area contributed by atoms with E-state index in [0.717, 1.165) is 36.5 Å². The second-order valence-electron chi connectivity index (χ2n) is 5.29. The summed E-state index contributed by atoms with van der Waals surface area (Å²) >= 11 is 0. The summed E-state index contributed by atoms with van der Waals surface area (Å²) in [6, 6.07) is 7.09. The lowest BCUT2D eigenvalue weighted by molar-refractivity contribution is 0.102. The quantitative estimate of drug-likeness (QED) is 0.943. The first kappa shape index (κ1) is 13.7. The van der Waals surface area contributed by atoms with Crippen LogP contribution in [0, 0.1) is 0 Å². The van der Waals surface area contributed by atoms with E-state index in [4.69, 9.17) is 4.74 Å². The molecule has 2 aromatic rings. The maximum atomic E-state index is 12.4. The van der Waals surface area contributed by atoms with E-state index in [1.54, 1.807) is 36.1 Å². The number of amides is 1. The van der Waals surface area contributed by atoms with Gasteiger partial charge in [0, 0.05) is 18.2 Å². The van der Waals surface area contributed by atoms with Crippen LogP contribution >= 0.6 is 0 Å². The number of nitrogens with zero attached hydrogens (tertiary/aromatic N) is 2. The highest BCUT2D eigenvalue weighted by Crippen LogP contribution is 2.27. The number of aromatic nitrogens is 2. The third-order valence-electron chi connectivity index (χ3n) is 3.90. The average Bonchev–Trinajstić information content (AvgIpc) is 2.83. The fourth-order valence-electron chi connectivity index (χ4n) is 2.76. The zero-order valence-corrected chi connectivity index (χ0v) is 12.3. The van der Waals surface area contributed by atoms with Crippen molar-refractivity contribution in [1.82, 2.24) is 9.78 Å². The normalized spacial score (nSPS) is 13.6. The smallest absolute Gasteiger partial charge is 0.256 e. The lowest BCUT2D eigenvalue weighted by Crippen LogP contribution is -2.16. The Morgan fingerprint density at radius 1 is 1.24 bits per heavy atom. The van der Waals surface area contributed by atoms with Gasteiger partial charge in [0.05, 0.1) is 12.8 Å². The maximum absolute atomic E-state index is 12.4. The van der Waals surface area contributed by atoms with Crippen molar-refractivity contribution in [3.63, 3.8) is 0 Å². The summed E-state index contributed by atoms with van der Waals surface area (Å²) in [5, 5.41) is 7.50. The number of nitrogens with one attached hydrogen (secondary N) is 1. The fourth-order valence-corrected chi connectivity index (χ4v) is 2.76. The van der Waals surface area contributed by atoms with Gasteiger partial charge in [0.1, 0.15) is 11.6 Å². The van der Waals surface area contributed by atoms with Gasteiger partial charge >= 0.3 is 0 Å². The number of hydrogen-bond donors (Lipinski definition) is 1. The van der Waals surface area contributed by atoms with Crippen LogP contribution in [0.4, 0.5) is 5.82 Å². The number of methoxy groups -OCH3 is 1. The maximum Gasteiger partial charge on any atom is 0.256 e. The van der Waals surface area contributed by atoms with Gasteiger partial charge in [-0.3, -0.25) is 9.48 Å². The number of hydrogen-bond acceptors (Lipinski definition) is 3. The summed E-state index contributed by atoms with van der Waals surface area (Å²) in [5.74, 6) is 1.45. The lowest BCUT2D eigenvalue weighted by atomic mass is 9.97. The first-order valence-corrected chi connectivity index (χ1v) is 7.19. The third-order valence-corrected chi connectivity index (χ3v) is 3.90. The molecule has 0 unspecified atom stereocenters. The van der Waals surface area contributed by atoms with E-state index >= 15 is 0 Å². The van der Waals surface area contributed by atoms with Crippen molar-refractivity contribution in [3.8, 4) is 5.75 Å². The molecule has 1 N–H and O–H groups in total. The van der Waals surface area contributed by atoms with E-state index < -0.39 is 0 Å². The van der Waals surface area contributed by atoms with E-state index in [0.29, 0.717) is 5.56 Å². The second-order valence-corrected chi connectivity index (χ2v) is 5.29. The van der Waals surface area contributed by atoms with E-state index in [9.17, 15) is 4.79 Å². The zero-order chi connectivity index (χ0) is 14.8. The molecule has 0 saturated carbocycles. The van der Waals surface area contributed by atoms with Crippen molar-refractivity contribution >= 4 is 11.7 Å². The molecular formula is C16H19N3O2. The van der Waals surface area contributed by atoms with Gasteiger partial charge < -0.3 is 10.1 Å². The number of anilines is 1. The minimum absolute atomic E-state index is 0.117. The van der Waals surface area contributed by atoms with Crippen molar-refractivity contribution in [2.75, 3.05) is 12.4 Å². The Morgan fingerprint density at radius 3 is 2.67 bits per heavy atom. The number of carbonyl (C=O) groups excluding carboxylic acids is 1. The van der Waals surface area contributed by atoms with E-state index in [1.165, 1.54) is 12.0 Å². The molecule has 0 bridgehead atoms. The highest BCUT2D eigenvalue weighted by Gasteiger charge is 2.20. The predicted octanol–water partition coefficient (Wildman–Crippen LogP) is 2.56. The first-order chi connectivity index (χ1) is 10.2. The fraction of sp³-hybridized carbons (Fsp3) is 0.375. The molecule has 21 heavy (non-hydrogen) atoms. The molecule has 0 saturated heterocycles. The molecule has 1 aliphatic carbocycles. The Balaban J connectivity index is 1.82. The summed E-state index contributed by atoms with van der Waals surface area (Å²) in [6.07, 6.45) is 4.32. The van der Waals surface area contributed by atoms with Crippen LogP contribution in [0.3, 0.4) is 0 Å². The van der Waals surface area contributed by atoms with Crippen molar-refractivity contribution in [3.05, 3.63) is 41.1 Å². The molecular weight excluding hydrogens is 266 g/mol. The standard InChI is InChI=1S/C16H19N3O2/c1-19-15(13-5-3-4-6-14(13)18-19)17-16(20)11-7-9-12(21-2)10-8-11/h7-10H,3-6H2,1-2H3,(H,17,20). The van der Waals surface area contributed by atoms with Gasteiger partial charge in [-0.05, 0) is 49.9 Å². The van der Waals surface area contributed by atoms with Crippen LogP contribution in [-0.2, 0) is 19.9 Å². The van der Waals surface area contributed by atoms with E-state index in [2.05, 4.69) is 10.4 Å². The molecule has 1 heterocycles. The monoisotopic (exact) mass is 285 g/mol. The topological polar surface area (TPSA) is 56.1 Å². The molecule has 1 aliphatic rings. The molecule has 0 atom stereocenters. The minimum Gasteiger partial charge on any atom is -0.497 e. The summed E-state index contributed by atoms with van der Waals surface area (Å²) in [7, 11) is 3.49. The number of ether oxygens (including phenoxy) is 1. The number of rotatable bonds is 3. The number of fused-ring (bicyclic) bond motifs is 1. The molecule has 110 valence electrons. The molecule has 0 radical (unpaired) electrons. The van der Waals surface area contributed by atoms with E-state index in [-0.39, 0.29) is 5.91 Å². The molecule has 0 aliphatic heterocycles. The molecule has 0 fully saturated rings. The van der Waals surface area contributed by atoms with Crippen molar-refractivity contribution in [1.29, 1.82) is 0 Å². The Bertz CT molecular complexity index is 659. The highest BCUT2D eigenvalue weighted by molar-refractivity contribution is 6.04. The Morgan fingerprint density at radius 2 is 1.95 bits per heavy atom. The van der Waals surface area contributed by atoms with Gasteiger partial charge in [0.15, 0.2) is 0 Å². The summed E-state index contributed by atoms with van der Waals surface area (Å²) in [4.78, 5) is 12.4. The lowest BCUT2D eigenvalue weighted by Gasteiger charge is -2.12. The Kier molecular flexibility index (Phi) is 3.64. The largest absolute Gasteiger partial charge is 0.497 e. The number of benzene rings is 1. The van der Waals surface area contributed by atoms with Crippen molar-refractivity contribution < 1.29 is 9.53 Å². The zero-order valence-electron chi connectivity index (χ0n) is 12.3. The van der Waals surface area contributed by atoms with Gasteiger partial charge in [0.2, 0.25) is 0 Å². The Labute approximate surface area is 123 Å². The van der Waals surface area contributed by atoms with Gasteiger partial charge in [-0.1, -0.05) is 0 Å². The minimum atomic E-state index is -0.117. The first-order valence-electron chi connectivity index (χ1n) is 7.19. The van der Waals surface area contributed by atoms with Crippen molar-refractivity contribution in [2.24, 2.45) is 7.05 Å². The number of aryl methyl sites for hydroxylation is 2. The van der Waals surface area contributed by atoms with Gasteiger partial charge in [-0.2, -0.15) is 5.10 Å². The van der Waals surface area contributed by atoms with Crippen molar-refractivity contribution in [2.45, 2.75) is 25.7 Å². The molecule has 5 nitrogen and oxygen atoms in total. The molecule has 1 aromatic heterocycles. The SMILES string of the molecule is COc1ccc(C(=O)Nc2c3c(nn2C)CCCC3)cc1. The number of carbonyl (C=O) groups is 1. The van der Waals surface area contributed by atoms with Crippen LogP contribution in [0.5, 0.6) is 5.75 Å². The van der Waals surface area contributed by atoms with Crippen LogP contribution in [-0.4, -0.2) is 22.8 Å². The third kappa shape index (κ3) is 2.63. The Hall–Kier alpha value is -2.30. The van der Waals surface area contributed by atoms with Crippen LogP contribution in [0.15, 0.2) is 24.3 Å².